The third kappa shape index (κ3) is 4.10. The maximum Gasteiger partial charge on any atom is 0.327 e. The Hall–Kier alpha value is -1.77. The van der Waals surface area contributed by atoms with Crippen LogP contribution in [0.4, 0.5) is 0 Å². The quantitative estimate of drug-likeness (QED) is 0.776. The summed E-state index contributed by atoms with van der Waals surface area (Å²) in [5.74, 6) is -1.51. The predicted octanol–water partition coefficient (Wildman–Crippen LogP) is 2.78. The van der Waals surface area contributed by atoms with Crippen molar-refractivity contribution < 1.29 is 19.1 Å². The van der Waals surface area contributed by atoms with Crippen molar-refractivity contribution in [1.82, 2.24) is 0 Å². The number of methoxy groups -OCH3 is 2. The van der Waals surface area contributed by atoms with Gasteiger partial charge in [-0.1, -0.05) is 29.3 Å². The Labute approximate surface area is 132 Å². The van der Waals surface area contributed by atoms with Gasteiger partial charge in [-0.15, -0.1) is 0 Å². The molecule has 1 aromatic rings. The van der Waals surface area contributed by atoms with Gasteiger partial charge in [0.15, 0.2) is 5.41 Å². The topological polar surface area (TPSA) is 76.4 Å². The standard InChI is InChI=1S/C14H13Cl2NO4/c1-20-12(18)7-14(8-17,13(19)21-2)6-9-3-4-10(15)5-11(9)16/h3-5H,6-7H2,1-2H3. The van der Waals surface area contributed by atoms with Crippen molar-refractivity contribution in [1.29, 1.82) is 5.26 Å². The van der Waals surface area contributed by atoms with Crippen molar-refractivity contribution in [3.63, 3.8) is 0 Å². The molecule has 0 amide bonds. The number of hydrogen-bond donors (Lipinski definition) is 0. The summed E-state index contributed by atoms with van der Waals surface area (Å²) in [5, 5.41) is 10.1. The smallest absolute Gasteiger partial charge is 0.327 e. The Morgan fingerprint density at radius 1 is 1.29 bits per heavy atom. The van der Waals surface area contributed by atoms with Crippen LogP contribution in [0.1, 0.15) is 12.0 Å². The molecule has 0 bridgehead atoms. The van der Waals surface area contributed by atoms with Gasteiger partial charge < -0.3 is 9.47 Å². The van der Waals surface area contributed by atoms with Crippen molar-refractivity contribution in [3.8, 4) is 6.07 Å². The van der Waals surface area contributed by atoms with Crippen molar-refractivity contribution in [2.75, 3.05) is 14.2 Å². The predicted molar refractivity (Wildman–Crippen MR) is 76.9 cm³/mol. The lowest BCUT2D eigenvalue weighted by Gasteiger charge is -2.23. The van der Waals surface area contributed by atoms with Gasteiger partial charge in [0.2, 0.25) is 0 Å². The third-order valence-electron chi connectivity index (χ3n) is 2.97. The zero-order valence-corrected chi connectivity index (χ0v) is 13.0. The van der Waals surface area contributed by atoms with E-state index >= 15 is 0 Å². The van der Waals surface area contributed by atoms with Gasteiger partial charge in [0.25, 0.3) is 0 Å². The summed E-state index contributed by atoms with van der Waals surface area (Å²) in [6, 6.07) is 6.53. The second-order valence-corrected chi connectivity index (χ2v) is 5.19. The summed E-state index contributed by atoms with van der Waals surface area (Å²) in [7, 11) is 2.33. The lowest BCUT2D eigenvalue weighted by atomic mass is 9.80. The second kappa shape index (κ2) is 7.30. The highest BCUT2D eigenvalue weighted by atomic mass is 35.5. The van der Waals surface area contributed by atoms with Crippen LogP contribution < -0.4 is 0 Å². The van der Waals surface area contributed by atoms with Gasteiger partial charge in [0.05, 0.1) is 26.7 Å². The molecule has 0 saturated heterocycles. The minimum Gasteiger partial charge on any atom is -0.469 e. The molecule has 0 spiro atoms. The first-order valence-corrected chi connectivity index (χ1v) is 6.64. The highest BCUT2D eigenvalue weighted by Crippen LogP contribution is 2.32. The molecule has 0 saturated carbocycles. The van der Waals surface area contributed by atoms with E-state index in [1.54, 1.807) is 12.1 Å². The van der Waals surface area contributed by atoms with Gasteiger partial charge in [-0.3, -0.25) is 9.59 Å². The van der Waals surface area contributed by atoms with Crippen LogP contribution in [0.15, 0.2) is 18.2 Å². The number of hydrogen-bond acceptors (Lipinski definition) is 5. The number of nitriles is 1. The first kappa shape index (κ1) is 17.3. The summed E-state index contributed by atoms with van der Waals surface area (Å²) in [6.45, 7) is 0. The fraction of sp³-hybridized carbons (Fsp3) is 0.357. The molecule has 0 radical (unpaired) electrons. The zero-order chi connectivity index (χ0) is 16.0. The van der Waals surface area contributed by atoms with Gasteiger partial charge in [-0.05, 0) is 17.7 Å². The largest absolute Gasteiger partial charge is 0.469 e. The number of carbonyl (C=O) groups is 2. The maximum atomic E-state index is 12.0. The normalized spacial score (nSPS) is 12.9. The fourth-order valence-corrected chi connectivity index (χ4v) is 2.31. The molecule has 1 aromatic carbocycles. The Kier molecular flexibility index (Phi) is 6.01. The highest BCUT2D eigenvalue weighted by Gasteiger charge is 2.43. The van der Waals surface area contributed by atoms with Crippen LogP contribution in [0.5, 0.6) is 0 Å². The minimum absolute atomic E-state index is 0.0821. The van der Waals surface area contributed by atoms with E-state index in [2.05, 4.69) is 9.47 Å². The lowest BCUT2D eigenvalue weighted by molar-refractivity contribution is -0.156. The van der Waals surface area contributed by atoms with E-state index in [1.807, 2.05) is 6.07 Å². The monoisotopic (exact) mass is 329 g/mol. The van der Waals surface area contributed by atoms with Crippen LogP contribution >= 0.6 is 23.2 Å². The molecule has 0 aliphatic carbocycles. The second-order valence-electron chi connectivity index (χ2n) is 4.35. The van der Waals surface area contributed by atoms with Crippen LogP contribution in [0.25, 0.3) is 0 Å². The van der Waals surface area contributed by atoms with Gasteiger partial charge in [-0.2, -0.15) is 5.26 Å². The summed E-state index contributed by atoms with van der Waals surface area (Å²) in [4.78, 5) is 23.5. The van der Waals surface area contributed by atoms with Gasteiger partial charge in [-0.25, -0.2) is 0 Å². The average Bonchev–Trinajstić information content (AvgIpc) is 2.48. The number of ether oxygens (including phenoxy) is 2. The molecular formula is C14H13Cl2NO4. The fourth-order valence-electron chi connectivity index (χ4n) is 1.84. The molecule has 0 N–H and O–H groups in total. The summed E-state index contributed by atoms with van der Waals surface area (Å²) in [5.41, 5.74) is -1.18. The molecule has 5 nitrogen and oxygen atoms in total. The average molecular weight is 330 g/mol. The molecule has 1 atom stereocenters. The summed E-state index contributed by atoms with van der Waals surface area (Å²) in [6.07, 6.45) is -0.507. The molecule has 1 rings (SSSR count). The van der Waals surface area contributed by atoms with E-state index in [4.69, 9.17) is 23.2 Å². The Bertz CT molecular complexity index is 597. The van der Waals surface area contributed by atoms with Gasteiger partial charge in [0.1, 0.15) is 0 Å². The van der Waals surface area contributed by atoms with Crippen LogP contribution in [0.2, 0.25) is 10.0 Å². The Balaban J connectivity index is 3.21. The first-order chi connectivity index (χ1) is 9.88. The number of halogens is 2. The SMILES string of the molecule is COC(=O)CC(C#N)(Cc1ccc(Cl)cc1Cl)C(=O)OC. The van der Waals surface area contributed by atoms with Crippen LogP contribution in [0, 0.1) is 16.7 Å². The van der Waals surface area contributed by atoms with Crippen LogP contribution in [-0.4, -0.2) is 26.2 Å². The minimum atomic E-state index is -1.70. The Morgan fingerprint density at radius 3 is 2.43 bits per heavy atom. The maximum absolute atomic E-state index is 12.0. The number of benzene rings is 1. The molecule has 21 heavy (non-hydrogen) atoms. The molecule has 112 valence electrons. The van der Waals surface area contributed by atoms with E-state index in [-0.39, 0.29) is 6.42 Å². The molecule has 0 aliphatic heterocycles. The lowest BCUT2D eigenvalue weighted by Crippen LogP contribution is -2.36. The van der Waals surface area contributed by atoms with Crippen molar-refractivity contribution >= 4 is 35.1 Å². The van der Waals surface area contributed by atoms with E-state index in [0.29, 0.717) is 15.6 Å². The molecule has 0 fully saturated rings. The summed E-state index contributed by atoms with van der Waals surface area (Å²) >= 11 is 11.9. The molecule has 0 heterocycles. The number of esters is 2. The van der Waals surface area contributed by atoms with Gasteiger partial charge in [0, 0.05) is 16.5 Å². The van der Waals surface area contributed by atoms with E-state index < -0.39 is 23.8 Å². The van der Waals surface area contributed by atoms with E-state index in [9.17, 15) is 14.9 Å². The van der Waals surface area contributed by atoms with Crippen LogP contribution in [-0.2, 0) is 25.5 Å². The molecule has 1 unspecified atom stereocenters. The van der Waals surface area contributed by atoms with Crippen molar-refractivity contribution in [2.45, 2.75) is 12.8 Å². The molecule has 0 aromatic heterocycles. The van der Waals surface area contributed by atoms with Crippen LogP contribution in [0.3, 0.4) is 0 Å². The molecule has 0 aliphatic rings. The first-order valence-electron chi connectivity index (χ1n) is 5.89. The Morgan fingerprint density at radius 2 is 1.95 bits per heavy atom. The zero-order valence-electron chi connectivity index (χ0n) is 11.5. The number of carbonyl (C=O) groups excluding carboxylic acids is 2. The summed E-state index contributed by atoms with van der Waals surface area (Å²) < 4.78 is 9.19. The molecule has 7 heteroatoms. The van der Waals surface area contributed by atoms with Crippen molar-refractivity contribution in [3.05, 3.63) is 33.8 Å². The number of rotatable bonds is 5. The number of nitrogens with zero attached hydrogens (tertiary/aromatic N) is 1. The van der Waals surface area contributed by atoms with E-state index in [0.717, 1.165) is 7.11 Å². The van der Waals surface area contributed by atoms with Gasteiger partial charge >= 0.3 is 11.9 Å². The van der Waals surface area contributed by atoms with E-state index in [1.165, 1.54) is 13.2 Å². The van der Waals surface area contributed by atoms with Crippen molar-refractivity contribution in [2.24, 2.45) is 5.41 Å². The highest BCUT2D eigenvalue weighted by molar-refractivity contribution is 6.35. The molecular weight excluding hydrogens is 317 g/mol. The third-order valence-corrected chi connectivity index (χ3v) is 3.56.